The lowest BCUT2D eigenvalue weighted by atomic mass is 10.0. The maximum Gasteiger partial charge on any atom is 0.407 e. The third-order valence-electron chi connectivity index (χ3n) is 3.13. The van der Waals surface area contributed by atoms with Crippen LogP contribution in [0, 0.1) is 0 Å². The van der Waals surface area contributed by atoms with Crippen LogP contribution in [-0.4, -0.2) is 36.5 Å². The van der Waals surface area contributed by atoms with Crippen molar-refractivity contribution in [2.24, 2.45) is 5.11 Å². The van der Waals surface area contributed by atoms with E-state index in [1.165, 1.54) is 0 Å². The van der Waals surface area contributed by atoms with E-state index in [0.717, 1.165) is 18.4 Å². The molecular formula is C15H22N4O3. The van der Waals surface area contributed by atoms with Gasteiger partial charge in [-0.15, -0.1) is 0 Å². The molecule has 120 valence electrons. The molecule has 2 N–H and O–H groups in total. The van der Waals surface area contributed by atoms with Crippen molar-refractivity contribution < 1.29 is 14.6 Å². The van der Waals surface area contributed by atoms with E-state index in [1.807, 2.05) is 37.3 Å². The summed E-state index contributed by atoms with van der Waals surface area (Å²) in [5.74, 6) is 0. The molecule has 0 aliphatic heterocycles. The highest BCUT2D eigenvalue weighted by Gasteiger charge is 2.21. The van der Waals surface area contributed by atoms with Gasteiger partial charge in [0.1, 0.15) is 0 Å². The standard InChI is InChI=1S/C15H22N4O3/c1-2-3-9-22-15(21)18-13(14(20)11-17-19-16)10-12-7-5-4-6-8-12/h4-8,13-14,20H,2-3,9-11H2,1H3,(H,18,21)/t13-,14+/m0/s1. The predicted molar refractivity (Wildman–Crippen MR) is 83.3 cm³/mol. The molecule has 0 radical (unpaired) electrons. The molecule has 7 nitrogen and oxygen atoms in total. The Hall–Kier alpha value is -2.24. The highest BCUT2D eigenvalue weighted by Crippen LogP contribution is 2.07. The van der Waals surface area contributed by atoms with Crippen LogP contribution >= 0.6 is 0 Å². The molecule has 0 aromatic heterocycles. The number of unbranched alkanes of at least 4 members (excludes halogenated alkanes) is 1. The van der Waals surface area contributed by atoms with Gasteiger partial charge in [-0.1, -0.05) is 48.8 Å². The van der Waals surface area contributed by atoms with Crippen molar-refractivity contribution in [1.29, 1.82) is 0 Å². The van der Waals surface area contributed by atoms with Gasteiger partial charge in [0.15, 0.2) is 0 Å². The molecule has 0 heterocycles. The van der Waals surface area contributed by atoms with Crippen molar-refractivity contribution in [3.63, 3.8) is 0 Å². The Morgan fingerprint density at radius 2 is 2.18 bits per heavy atom. The number of azide groups is 1. The van der Waals surface area contributed by atoms with Crippen molar-refractivity contribution in [2.45, 2.75) is 38.3 Å². The van der Waals surface area contributed by atoms with Crippen LogP contribution < -0.4 is 5.32 Å². The molecule has 1 rings (SSSR count). The fraction of sp³-hybridized carbons (Fsp3) is 0.533. The summed E-state index contributed by atoms with van der Waals surface area (Å²) in [6, 6.07) is 8.87. The molecule has 0 aliphatic rings. The minimum absolute atomic E-state index is 0.108. The van der Waals surface area contributed by atoms with E-state index in [9.17, 15) is 9.90 Å². The number of hydrogen-bond donors (Lipinski definition) is 2. The first-order valence-electron chi connectivity index (χ1n) is 7.33. The van der Waals surface area contributed by atoms with Crippen molar-refractivity contribution in [3.05, 3.63) is 46.3 Å². The summed E-state index contributed by atoms with van der Waals surface area (Å²) in [6.45, 7) is 2.24. The second kappa shape index (κ2) is 10.5. The zero-order valence-electron chi connectivity index (χ0n) is 12.7. The zero-order chi connectivity index (χ0) is 16.2. The lowest BCUT2D eigenvalue weighted by Gasteiger charge is -2.23. The number of nitrogens with zero attached hydrogens (tertiary/aromatic N) is 3. The molecular weight excluding hydrogens is 284 g/mol. The number of alkyl carbamates (subject to hydrolysis) is 1. The van der Waals surface area contributed by atoms with Crippen LogP contribution in [0.15, 0.2) is 35.4 Å². The van der Waals surface area contributed by atoms with E-state index < -0.39 is 18.2 Å². The second-order valence-corrected chi connectivity index (χ2v) is 4.91. The van der Waals surface area contributed by atoms with Gasteiger partial charge in [-0.05, 0) is 23.9 Å². The van der Waals surface area contributed by atoms with E-state index in [4.69, 9.17) is 10.3 Å². The zero-order valence-corrected chi connectivity index (χ0v) is 12.7. The van der Waals surface area contributed by atoms with Gasteiger partial charge in [0.25, 0.3) is 0 Å². The summed E-state index contributed by atoms with van der Waals surface area (Å²) in [6.07, 6.45) is 0.591. The third-order valence-corrected chi connectivity index (χ3v) is 3.13. The van der Waals surface area contributed by atoms with Crippen molar-refractivity contribution in [3.8, 4) is 0 Å². The molecule has 0 saturated carbocycles. The molecule has 7 heteroatoms. The summed E-state index contributed by atoms with van der Waals surface area (Å²) in [5, 5.41) is 16.1. The number of amides is 1. The van der Waals surface area contributed by atoms with E-state index in [1.54, 1.807) is 0 Å². The van der Waals surface area contributed by atoms with Crippen LogP contribution in [0.25, 0.3) is 10.4 Å². The van der Waals surface area contributed by atoms with Crippen LogP contribution in [0.2, 0.25) is 0 Å². The summed E-state index contributed by atoms with van der Waals surface area (Å²) in [4.78, 5) is 14.4. The summed E-state index contributed by atoms with van der Waals surface area (Å²) >= 11 is 0. The van der Waals surface area contributed by atoms with Crippen molar-refractivity contribution >= 4 is 6.09 Å². The summed E-state index contributed by atoms with van der Waals surface area (Å²) in [5.41, 5.74) is 9.31. The Labute approximate surface area is 129 Å². The minimum Gasteiger partial charge on any atom is -0.450 e. The lowest BCUT2D eigenvalue weighted by Crippen LogP contribution is -2.46. The third kappa shape index (κ3) is 6.97. The smallest absolute Gasteiger partial charge is 0.407 e. The largest absolute Gasteiger partial charge is 0.450 e. The van der Waals surface area contributed by atoms with Gasteiger partial charge in [-0.2, -0.15) is 0 Å². The van der Waals surface area contributed by atoms with E-state index in [-0.39, 0.29) is 6.54 Å². The highest BCUT2D eigenvalue weighted by atomic mass is 16.5. The van der Waals surface area contributed by atoms with Gasteiger partial charge in [-0.25, -0.2) is 4.79 Å². The Bertz CT molecular complexity index is 489. The number of aliphatic hydroxyl groups excluding tert-OH is 1. The van der Waals surface area contributed by atoms with Crippen LogP contribution in [0.5, 0.6) is 0 Å². The molecule has 0 spiro atoms. The number of nitrogens with one attached hydrogen (secondary N) is 1. The number of aliphatic hydroxyl groups is 1. The Kier molecular flexibility index (Phi) is 8.49. The first kappa shape index (κ1) is 17.8. The van der Waals surface area contributed by atoms with Gasteiger partial charge < -0.3 is 15.2 Å². The summed E-state index contributed by atoms with van der Waals surface area (Å²) in [7, 11) is 0. The topological polar surface area (TPSA) is 107 Å². The maximum absolute atomic E-state index is 11.7. The average Bonchev–Trinajstić information content (AvgIpc) is 2.53. The molecule has 0 saturated heterocycles. The Balaban J connectivity index is 2.64. The molecule has 1 amide bonds. The molecule has 22 heavy (non-hydrogen) atoms. The molecule has 0 aliphatic carbocycles. The van der Waals surface area contributed by atoms with Crippen LogP contribution in [0.3, 0.4) is 0 Å². The molecule has 1 aromatic rings. The van der Waals surface area contributed by atoms with Gasteiger partial charge in [-0.3, -0.25) is 0 Å². The van der Waals surface area contributed by atoms with Gasteiger partial charge in [0.05, 0.1) is 25.3 Å². The molecule has 1 aromatic carbocycles. The van der Waals surface area contributed by atoms with Crippen LogP contribution in [0.4, 0.5) is 4.79 Å². The Morgan fingerprint density at radius 1 is 1.45 bits per heavy atom. The van der Waals surface area contributed by atoms with Crippen molar-refractivity contribution in [2.75, 3.05) is 13.2 Å². The SMILES string of the molecule is CCCCOC(=O)N[C@@H](Cc1ccccc1)[C@H](O)CN=[N+]=[N-]. The number of benzene rings is 1. The first-order chi connectivity index (χ1) is 10.7. The van der Waals surface area contributed by atoms with Crippen LogP contribution in [0.1, 0.15) is 25.3 Å². The van der Waals surface area contributed by atoms with Gasteiger partial charge in [0, 0.05) is 4.91 Å². The molecule has 0 bridgehead atoms. The monoisotopic (exact) mass is 306 g/mol. The van der Waals surface area contributed by atoms with Crippen molar-refractivity contribution in [1.82, 2.24) is 5.32 Å². The number of hydrogen-bond acceptors (Lipinski definition) is 4. The van der Waals surface area contributed by atoms with E-state index >= 15 is 0 Å². The molecule has 2 atom stereocenters. The molecule has 0 fully saturated rings. The predicted octanol–water partition coefficient (Wildman–Crippen LogP) is 2.80. The average molecular weight is 306 g/mol. The fourth-order valence-corrected chi connectivity index (χ4v) is 1.90. The fourth-order valence-electron chi connectivity index (χ4n) is 1.90. The van der Waals surface area contributed by atoms with E-state index in [2.05, 4.69) is 15.3 Å². The number of carbonyl (C=O) groups is 1. The van der Waals surface area contributed by atoms with Gasteiger partial charge in [0.2, 0.25) is 0 Å². The first-order valence-corrected chi connectivity index (χ1v) is 7.33. The van der Waals surface area contributed by atoms with Gasteiger partial charge >= 0.3 is 6.09 Å². The maximum atomic E-state index is 11.7. The van der Waals surface area contributed by atoms with E-state index in [0.29, 0.717) is 13.0 Å². The number of rotatable bonds is 9. The lowest BCUT2D eigenvalue weighted by molar-refractivity contribution is 0.108. The second-order valence-electron chi connectivity index (χ2n) is 4.91. The van der Waals surface area contributed by atoms with Crippen LogP contribution in [-0.2, 0) is 11.2 Å². The normalized spacial score (nSPS) is 12.8. The molecule has 0 unspecified atom stereocenters. The number of ether oxygens (including phenoxy) is 1. The number of carbonyl (C=O) groups excluding carboxylic acids is 1. The summed E-state index contributed by atoms with van der Waals surface area (Å²) < 4.78 is 5.04. The minimum atomic E-state index is -0.977. The Morgan fingerprint density at radius 3 is 2.82 bits per heavy atom. The quantitative estimate of drug-likeness (QED) is 0.317. The highest BCUT2D eigenvalue weighted by molar-refractivity contribution is 5.67.